The number of hydrogen-bond acceptors (Lipinski definition) is 5. The highest BCUT2D eigenvalue weighted by Crippen LogP contribution is 2.17. The Hall–Kier alpha value is -1.66. The van der Waals surface area contributed by atoms with E-state index < -0.39 is 12.1 Å². The van der Waals surface area contributed by atoms with Gasteiger partial charge in [-0.1, -0.05) is 263 Å². The second-order valence-corrected chi connectivity index (χ2v) is 20.3. The highest BCUT2D eigenvalue weighted by molar-refractivity contribution is 5.76. The number of allylic oxidation sites excluding steroid dienone is 4. The largest absolute Gasteiger partial charge is 0.466 e. The molecule has 0 aromatic rings. The highest BCUT2D eigenvalue weighted by Gasteiger charge is 2.20. The number of aliphatic hydroxyl groups excluding tert-OH is 2. The lowest BCUT2D eigenvalue weighted by atomic mass is 10.0. The van der Waals surface area contributed by atoms with Gasteiger partial charge < -0.3 is 20.3 Å². The second-order valence-electron chi connectivity index (χ2n) is 20.3. The molecule has 0 rings (SSSR count). The first-order valence-electron chi connectivity index (χ1n) is 29.6. The smallest absolute Gasteiger partial charge is 0.305 e. The lowest BCUT2D eigenvalue weighted by Crippen LogP contribution is -2.45. The zero-order valence-electron chi connectivity index (χ0n) is 44.4. The van der Waals surface area contributed by atoms with Gasteiger partial charge in [0.1, 0.15) is 0 Å². The van der Waals surface area contributed by atoms with Gasteiger partial charge in [-0.3, -0.25) is 9.59 Å². The van der Waals surface area contributed by atoms with E-state index in [4.69, 9.17) is 4.74 Å². The number of carbonyl (C=O) groups is 2. The molecule has 0 aromatic heterocycles. The average Bonchev–Trinajstić information content (AvgIpc) is 3.32. The maximum atomic E-state index is 12.4. The van der Waals surface area contributed by atoms with Crippen LogP contribution in [-0.4, -0.2) is 47.4 Å². The van der Waals surface area contributed by atoms with Crippen LogP contribution in [0.25, 0.3) is 0 Å². The summed E-state index contributed by atoms with van der Waals surface area (Å²) in [5.74, 6) is -0.0313. The third-order valence-electron chi connectivity index (χ3n) is 13.7. The summed E-state index contributed by atoms with van der Waals surface area (Å²) < 4.78 is 5.46. The van der Waals surface area contributed by atoms with Gasteiger partial charge in [0.2, 0.25) is 5.91 Å². The first-order valence-corrected chi connectivity index (χ1v) is 29.6. The summed E-state index contributed by atoms with van der Waals surface area (Å²) in [5.41, 5.74) is 0. The fourth-order valence-corrected chi connectivity index (χ4v) is 9.15. The van der Waals surface area contributed by atoms with Crippen molar-refractivity contribution < 1.29 is 24.5 Å². The van der Waals surface area contributed by atoms with Crippen molar-refractivity contribution in [2.45, 2.75) is 334 Å². The summed E-state index contributed by atoms with van der Waals surface area (Å²) >= 11 is 0. The van der Waals surface area contributed by atoms with Crippen LogP contribution >= 0.6 is 0 Å². The van der Waals surface area contributed by atoms with Crippen LogP contribution in [0.15, 0.2) is 24.3 Å². The number of nitrogens with one attached hydrogen (secondary N) is 1. The van der Waals surface area contributed by atoms with E-state index in [0.717, 1.165) is 44.9 Å². The molecular formula is C60H115NO5. The summed E-state index contributed by atoms with van der Waals surface area (Å²) in [5, 5.41) is 23.1. The molecule has 0 radical (unpaired) electrons. The van der Waals surface area contributed by atoms with E-state index in [-0.39, 0.29) is 18.5 Å². The number of unbranched alkanes of at least 4 members (excludes halogenated alkanes) is 40. The van der Waals surface area contributed by atoms with Crippen molar-refractivity contribution in [1.82, 2.24) is 5.32 Å². The van der Waals surface area contributed by atoms with Gasteiger partial charge in [-0.25, -0.2) is 0 Å². The second kappa shape index (κ2) is 55.9. The molecule has 0 aromatic carbocycles. The topological polar surface area (TPSA) is 95.9 Å². The number of carbonyl (C=O) groups excluding carboxylic acids is 2. The molecule has 0 saturated heterocycles. The van der Waals surface area contributed by atoms with E-state index in [1.165, 1.54) is 244 Å². The number of aliphatic hydroxyl groups is 2. The van der Waals surface area contributed by atoms with E-state index >= 15 is 0 Å². The Kier molecular flexibility index (Phi) is 54.5. The van der Waals surface area contributed by atoms with Gasteiger partial charge in [0, 0.05) is 12.8 Å². The minimum Gasteiger partial charge on any atom is -0.466 e. The van der Waals surface area contributed by atoms with Crippen LogP contribution in [0.5, 0.6) is 0 Å². The van der Waals surface area contributed by atoms with Crippen LogP contribution in [-0.2, 0) is 14.3 Å². The molecular weight excluding hydrogens is 815 g/mol. The Morgan fingerprint density at radius 2 is 0.727 bits per heavy atom. The van der Waals surface area contributed by atoms with Crippen molar-refractivity contribution in [3.8, 4) is 0 Å². The molecule has 3 N–H and O–H groups in total. The van der Waals surface area contributed by atoms with E-state index in [9.17, 15) is 19.8 Å². The number of esters is 1. The number of hydrogen-bond donors (Lipinski definition) is 3. The van der Waals surface area contributed by atoms with Crippen LogP contribution in [0.3, 0.4) is 0 Å². The molecule has 390 valence electrons. The van der Waals surface area contributed by atoms with Crippen molar-refractivity contribution >= 4 is 11.9 Å². The summed E-state index contributed by atoms with van der Waals surface area (Å²) in [7, 11) is 0. The van der Waals surface area contributed by atoms with E-state index in [2.05, 4.69) is 43.5 Å². The van der Waals surface area contributed by atoms with E-state index in [1.54, 1.807) is 0 Å². The third-order valence-corrected chi connectivity index (χ3v) is 13.7. The fraction of sp³-hybridized carbons (Fsp3) is 0.900. The molecule has 6 nitrogen and oxygen atoms in total. The molecule has 1 amide bonds. The summed E-state index contributed by atoms with van der Waals surface area (Å²) in [6.07, 6.45) is 67.7. The minimum absolute atomic E-state index is 0.00460. The highest BCUT2D eigenvalue weighted by atomic mass is 16.5. The molecule has 6 heteroatoms. The summed E-state index contributed by atoms with van der Waals surface area (Å²) in [6, 6.07) is -0.539. The standard InChI is InChI=1S/C60H115NO5/c1-3-5-7-9-11-13-33-38-42-46-50-54-60(65)66-55-51-47-43-39-35-32-30-28-26-24-22-20-18-16-15-17-19-21-23-25-27-29-31-34-37-41-45-49-53-59(64)61-57(56-62)58(63)52-48-44-40-36-14-12-10-8-6-4-2/h9,11,15-16,57-58,62-63H,3-8,10,12-14,17-56H2,1-2H3,(H,61,64)/b11-9-,16-15-. The van der Waals surface area contributed by atoms with Crippen molar-refractivity contribution in [2.75, 3.05) is 13.2 Å². The van der Waals surface area contributed by atoms with Crippen molar-refractivity contribution in [2.24, 2.45) is 0 Å². The number of amides is 1. The lowest BCUT2D eigenvalue weighted by Gasteiger charge is -2.22. The summed E-state index contributed by atoms with van der Waals surface area (Å²) in [4.78, 5) is 24.4. The quantitative estimate of drug-likeness (QED) is 0.0321. The molecule has 0 saturated carbocycles. The van der Waals surface area contributed by atoms with Crippen LogP contribution < -0.4 is 5.32 Å². The first-order chi connectivity index (χ1) is 32.5. The Bertz CT molecular complexity index is 1030. The van der Waals surface area contributed by atoms with Crippen LogP contribution in [0.2, 0.25) is 0 Å². The van der Waals surface area contributed by atoms with Gasteiger partial charge in [0.25, 0.3) is 0 Å². The Labute approximate surface area is 411 Å². The number of rotatable bonds is 55. The minimum atomic E-state index is -0.662. The predicted octanol–water partition coefficient (Wildman–Crippen LogP) is 18.2. The Morgan fingerprint density at radius 1 is 0.409 bits per heavy atom. The van der Waals surface area contributed by atoms with Crippen molar-refractivity contribution in [1.29, 1.82) is 0 Å². The maximum Gasteiger partial charge on any atom is 0.305 e. The zero-order chi connectivity index (χ0) is 47.9. The van der Waals surface area contributed by atoms with Gasteiger partial charge in [-0.2, -0.15) is 0 Å². The first kappa shape index (κ1) is 64.3. The molecule has 66 heavy (non-hydrogen) atoms. The predicted molar refractivity (Wildman–Crippen MR) is 287 cm³/mol. The van der Waals surface area contributed by atoms with Gasteiger partial charge in [-0.05, 0) is 70.6 Å². The van der Waals surface area contributed by atoms with Crippen LogP contribution in [0.4, 0.5) is 0 Å². The van der Waals surface area contributed by atoms with Crippen molar-refractivity contribution in [3.05, 3.63) is 24.3 Å². The van der Waals surface area contributed by atoms with E-state index in [0.29, 0.717) is 25.9 Å². The number of ether oxygens (including phenoxy) is 1. The fourth-order valence-electron chi connectivity index (χ4n) is 9.15. The van der Waals surface area contributed by atoms with Crippen molar-refractivity contribution in [3.63, 3.8) is 0 Å². The molecule has 2 unspecified atom stereocenters. The third kappa shape index (κ3) is 51.7. The van der Waals surface area contributed by atoms with E-state index in [1.807, 2.05) is 0 Å². The summed E-state index contributed by atoms with van der Waals surface area (Å²) in [6.45, 7) is 4.91. The zero-order valence-corrected chi connectivity index (χ0v) is 44.4. The van der Waals surface area contributed by atoms with Gasteiger partial charge >= 0.3 is 5.97 Å². The molecule has 0 aliphatic carbocycles. The molecule has 0 aliphatic rings. The maximum absolute atomic E-state index is 12.4. The van der Waals surface area contributed by atoms with Gasteiger partial charge in [0.05, 0.1) is 25.4 Å². The van der Waals surface area contributed by atoms with Gasteiger partial charge in [-0.15, -0.1) is 0 Å². The normalized spacial score (nSPS) is 12.7. The SMILES string of the molecule is CCCC/C=C\CCCCCCCC(=O)OCCCCCCCCCCCCCC/C=C\CCCCCCCCCCCCCCC(=O)NC(CO)C(O)CCCCCCCCCCCC. The molecule has 2 atom stereocenters. The molecule has 0 aliphatic heterocycles. The molecule has 0 fully saturated rings. The van der Waals surface area contributed by atoms with Crippen LogP contribution in [0.1, 0.15) is 322 Å². The average molecular weight is 931 g/mol. The van der Waals surface area contributed by atoms with Gasteiger partial charge in [0.15, 0.2) is 0 Å². The van der Waals surface area contributed by atoms with Crippen LogP contribution in [0, 0.1) is 0 Å². The monoisotopic (exact) mass is 930 g/mol. The molecule has 0 bridgehead atoms. The molecule has 0 spiro atoms. The Morgan fingerprint density at radius 3 is 1.12 bits per heavy atom. The lowest BCUT2D eigenvalue weighted by molar-refractivity contribution is -0.143. The Balaban J connectivity index is 3.36. The molecule has 0 heterocycles.